The molecule has 0 N–H and O–H groups in total. The number of hydrogen-bond acceptors (Lipinski definition) is 2. The summed E-state index contributed by atoms with van der Waals surface area (Å²) in [4.78, 5) is 11.1. The predicted molar refractivity (Wildman–Crippen MR) is 96.1 cm³/mol. The van der Waals surface area contributed by atoms with E-state index in [2.05, 4.69) is 19.1 Å². The fourth-order valence-electron chi connectivity index (χ4n) is 2.57. The molecule has 0 fully saturated rings. The quantitative estimate of drug-likeness (QED) is 0.183. The van der Waals surface area contributed by atoms with Gasteiger partial charge in [0.2, 0.25) is 0 Å². The van der Waals surface area contributed by atoms with Crippen molar-refractivity contribution < 1.29 is 9.53 Å². The van der Waals surface area contributed by atoms with Gasteiger partial charge in [0, 0.05) is 6.42 Å². The topological polar surface area (TPSA) is 26.3 Å². The number of carbonyl (C=O) groups is 1. The largest absolute Gasteiger partial charge is 0.466 e. The van der Waals surface area contributed by atoms with Crippen LogP contribution in [0, 0.1) is 0 Å². The molecule has 0 saturated heterocycles. The Morgan fingerprint density at radius 3 is 1.77 bits per heavy atom. The molecule has 22 heavy (non-hydrogen) atoms. The van der Waals surface area contributed by atoms with E-state index >= 15 is 0 Å². The van der Waals surface area contributed by atoms with Crippen LogP contribution in [0.15, 0.2) is 12.2 Å². The summed E-state index contributed by atoms with van der Waals surface area (Å²) in [6.45, 7) is 4.63. The Morgan fingerprint density at radius 2 is 1.23 bits per heavy atom. The van der Waals surface area contributed by atoms with Gasteiger partial charge >= 0.3 is 5.97 Å². The molecule has 2 nitrogen and oxygen atoms in total. The number of rotatable bonds is 16. The Bertz CT molecular complexity index is 258. The monoisotopic (exact) mass is 310 g/mol. The Balaban J connectivity index is 3.11. The van der Waals surface area contributed by atoms with Crippen molar-refractivity contribution in [3.8, 4) is 0 Å². The Hall–Kier alpha value is -0.790. The van der Waals surface area contributed by atoms with Crippen molar-refractivity contribution in [1.82, 2.24) is 0 Å². The van der Waals surface area contributed by atoms with Gasteiger partial charge in [-0.2, -0.15) is 0 Å². The van der Waals surface area contributed by atoms with Gasteiger partial charge < -0.3 is 4.74 Å². The fraction of sp³-hybridized carbons (Fsp3) is 0.850. The minimum Gasteiger partial charge on any atom is -0.466 e. The van der Waals surface area contributed by atoms with Crippen molar-refractivity contribution in [3.63, 3.8) is 0 Å². The van der Waals surface area contributed by atoms with E-state index in [1.807, 2.05) is 6.92 Å². The van der Waals surface area contributed by atoms with Crippen LogP contribution in [0.1, 0.15) is 104 Å². The second-order valence-corrected chi connectivity index (χ2v) is 6.14. The van der Waals surface area contributed by atoms with Gasteiger partial charge in [-0.3, -0.25) is 4.79 Å². The summed E-state index contributed by atoms with van der Waals surface area (Å²) in [5, 5.41) is 0. The minimum atomic E-state index is -0.0380. The van der Waals surface area contributed by atoms with Gasteiger partial charge in [-0.25, -0.2) is 0 Å². The maximum atomic E-state index is 11.1. The van der Waals surface area contributed by atoms with Crippen molar-refractivity contribution in [2.75, 3.05) is 6.61 Å². The SMILES string of the molecule is CCCCCC/C=C/CCCCCCCCCC(=O)OCC. The third-order valence-electron chi connectivity index (χ3n) is 3.95. The molecule has 0 aliphatic heterocycles. The smallest absolute Gasteiger partial charge is 0.305 e. The van der Waals surface area contributed by atoms with Crippen molar-refractivity contribution in [2.24, 2.45) is 0 Å². The lowest BCUT2D eigenvalue weighted by Gasteiger charge is -2.02. The first-order chi connectivity index (χ1) is 10.8. The molecule has 0 heterocycles. The average molecular weight is 311 g/mol. The van der Waals surface area contributed by atoms with E-state index in [0.717, 1.165) is 12.8 Å². The molecule has 0 unspecified atom stereocenters. The molecular formula is C20H38O2. The molecule has 0 rings (SSSR count). The third kappa shape index (κ3) is 17.3. The normalized spacial score (nSPS) is 11.2. The Labute approximate surface area is 138 Å². The second kappa shape index (κ2) is 18.3. The zero-order valence-corrected chi connectivity index (χ0v) is 15.1. The van der Waals surface area contributed by atoms with Crippen LogP contribution in [0.5, 0.6) is 0 Å². The molecular weight excluding hydrogens is 272 g/mol. The number of esters is 1. The highest BCUT2D eigenvalue weighted by molar-refractivity contribution is 5.69. The van der Waals surface area contributed by atoms with Crippen molar-refractivity contribution in [1.29, 1.82) is 0 Å². The highest BCUT2D eigenvalue weighted by Gasteiger charge is 2.00. The first-order valence-corrected chi connectivity index (χ1v) is 9.61. The molecule has 0 amide bonds. The predicted octanol–water partition coefficient (Wildman–Crippen LogP) is 6.59. The van der Waals surface area contributed by atoms with Crippen LogP contribution in [-0.4, -0.2) is 12.6 Å². The molecule has 0 aromatic carbocycles. The first kappa shape index (κ1) is 21.2. The van der Waals surface area contributed by atoms with E-state index in [1.165, 1.54) is 70.6 Å². The van der Waals surface area contributed by atoms with Gasteiger partial charge in [0.1, 0.15) is 0 Å². The molecule has 2 heteroatoms. The zero-order chi connectivity index (χ0) is 16.3. The highest BCUT2D eigenvalue weighted by Crippen LogP contribution is 2.11. The lowest BCUT2D eigenvalue weighted by atomic mass is 10.1. The molecule has 0 aromatic rings. The van der Waals surface area contributed by atoms with Crippen molar-refractivity contribution >= 4 is 5.97 Å². The van der Waals surface area contributed by atoms with Gasteiger partial charge in [0.25, 0.3) is 0 Å². The zero-order valence-electron chi connectivity index (χ0n) is 15.1. The van der Waals surface area contributed by atoms with Crippen LogP contribution in [-0.2, 0) is 9.53 Å². The molecule has 0 aliphatic rings. The summed E-state index contributed by atoms with van der Waals surface area (Å²) in [6.07, 6.45) is 22.0. The lowest BCUT2D eigenvalue weighted by Crippen LogP contribution is -2.03. The van der Waals surface area contributed by atoms with Crippen LogP contribution in [0.4, 0.5) is 0 Å². The maximum Gasteiger partial charge on any atom is 0.305 e. The van der Waals surface area contributed by atoms with E-state index in [4.69, 9.17) is 4.74 Å². The third-order valence-corrected chi connectivity index (χ3v) is 3.95. The summed E-state index contributed by atoms with van der Waals surface area (Å²) in [5.74, 6) is -0.0380. The molecule has 130 valence electrons. The lowest BCUT2D eigenvalue weighted by molar-refractivity contribution is -0.143. The fourth-order valence-corrected chi connectivity index (χ4v) is 2.57. The molecule has 0 bridgehead atoms. The van der Waals surface area contributed by atoms with Crippen LogP contribution in [0.2, 0.25) is 0 Å². The van der Waals surface area contributed by atoms with Crippen molar-refractivity contribution in [3.05, 3.63) is 12.2 Å². The molecule has 0 spiro atoms. The minimum absolute atomic E-state index is 0.0380. The standard InChI is InChI=1S/C20H38O2/c1-3-5-6-7-8-9-10-11-12-13-14-15-16-17-18-19-20(21)22-4-2/h9-10H,3-8,11-19H2,1-2H3/b10-9+. The van der Waals surface area contributed by atoms with Gasteiger partial charge in [-0.1, -0.05) is 70.4 Å². The summed E-state index contributed by atoms with van der Waals surface area (Å²) >= 11 is 0. The van der Waals surface area contributed by atoms with Crippen molar-refractivity contribution in [2.45, 2.75) is 104 Å². The molecule has 0 aromatic heterocycles. The number of hydrogen-bond donors (Lipinski definition) is 0. The van der Waals surface area contributed by atoms with E-state index < -0.39 is 0 Å². The number of allylic oxidation sites excluding steroid dienone is 2. The maximum absolute atomic E-state index is 11.1. The average Bonchev–Trinajstić information content (AvgIpc) is 2.51. The van der Waals surface area contributed by atoms with Gasteiger partial charge in [0.05, 0.1) is 6.61 Å². The van der Waals surface area contributed by atoms with E-state index in [0.29, 0.717) is 13.0 Å². The van der Waals surface area contributed by atoms with Crippen LogP contribution >= 0.6 is 0 Å². The van der Waals surface area contributed by atoms with E-state index in [1.54, 1.807) is 0 Å². The molecule has 0 aliphatic carbocycles. The second-order valence-electron chi connectivity index (χ2n) is 6.14. The molecule has 0 radical (unpaired) electrons. The van der Waals surface area contributed by atoms with E-state index in [-0.39, 0.29) is 5.97 Å². The number of ether oxygens (including phenoxy) is 1. The summed E-state index contributed by atoms with van der Waals surface area (Å²) in [7, 11) is 0. The summed E-state index contributed by atoms with van der Waals surface area (Å²) in [5.41, 5.74) is 0. The highest BCUT2D eigenvalue weighted by atomic mass is 16.5. The Kier molecular flexibility index (Phi) is 17.6. The number of carbonyl (C=O) groups excluding carboxylic acids is 1. The van der Waals surface area contributed by atoms with Crippen LogP contribution in [0.25, 0.3) is 0 Å². The van der Waals surface area contributed by atoms with Gasteiger partial charge in [-0.15, -0.1) is 0 Å². The van der Waals surface area contributed by atoms with Gasteiger partial charge in [-0.05, 0) is 39.0 Å². The first-order valence-electron chi connectivity index (χ1n) is 9.61. The molecule has 0 saturated carbocycles. The summed E-state index contributed by atoms with van der Waals surface area (Å²) in [6, 6.07) is 0. The van der Waals surface area contributed by atoms with Crippen LogP contribution in [0.3, 0.4) is 0 Å². The van der Waals surface area contributed by atoms with E-state index in [9.17, 15) is 4.79 Å². The summed E-state index contributed by atoms with van der Waals surface area (Å²) < 4.78 is 4.92. The number of unbranched alkanes of at least 4 members (excludes halogenated alkanes) is 11. The Morgan fingerprint density at radius 1 is 0.727 bits per heavy atom. The molecule has 0 atom stereocenters. The van der Waals surface area contributed by atoms with Gasteiger partial charge in [0.15, 0.2) is 0 Å². The van der Waals surface area contributed by atoms with Crippen LogP contribution < -0.4 is 0 Å².